The summed E-state index contributed by atoms with van der Waals surface area (Å²) < 4.78 is 51.6. The first-order valence-corrected chi connectivity index (χ1v) is 15.4. The number of nitrogens with one attached hydrogen (secondary N) is 1. The van der Waals surface area contributed by atoms with E-state index in [-0.39, 0.29) is 24.0 Å². The smallest absolute Gasteiger partial charge is 0.407 e. The lowest BCUT2D eigenvalue weighted by atomic mass is 9.96. The number of ether oxygens (including phenoxy) is 4. The number of sulfonamides is 1. The fraction of sp³-hybridized carbons (Fsp3) is 0.387. The summed E-state index contributed by atoms with van der Waals surface area (Å²) >= 11 is 0. The number of amides is 1. The van der Waals surface area contributed by atoms with E-state index in [1.54, 1.807) is 36.4 Å². The van der Waals surface area contributed by atoms with Gasteiger partial charge in [0.25, 0.3) is 10.0 Å². The van der Waals surface area contributed by atoms with Crippen LogP contribution in [0.2, 0.25) is 0 Å². The van der Waals surface area contributed by atoms with Gasteiger partial charge in [0, 0.05) is 6.04 Å². The zero-order chi connectivity index (χ0) is 29.7. The Bertz CT molecular complexity index is 1440. The molecule has 42 heavy (non-hydrogen) atoms. The molecule has 2 saturated heterocycles. The van der Waals surface area contributed by atoms with Crippen LogP contribution in [0.5, 0.6) is 5.75 Å². The monoisotopic (exact) mass is 595 g/mol. The first-order valence-electron chi connectivity index (χ1n) is 14.0. The molecule has 0 saturated carbocycles. The molecular formula is C31H37N3O7S. The van der Waals surface area contributed by atoms with Crippen LogP contribution in [0.1, 0.15) is 18.9 Å². The molecule has 2 fully saturated rings. The molecule has 0 spiro atoms. The zero-order valence-electron chi connectivity index (χ0n) is 23.7. The van der Waals surface area contributed by atoms with Crippen LogP contribution in [0.25, 0.3) is 0 Å². The van der Waals surface area contributed by atoms with Gasteiger partial charge in [0.2, 0.25) is 0 Å². The van der Waals surface area contributed by atoms with Crippen molar-refractivity contribution >= 4 is 21.8 Å². The molecule has 0 unspecified atom stereocenters. The van der Waals surface area contributed by atoms with Crippen molar-refractivity contribution in [1.82, 2.24) is 5.32 Å². The SMILES string of the molecule is COc1ccc(S(=O)(=O)N(C[C@@H](N)[C@H](Cc2ccccc2)NC(=O)O[C@H]2CO[C@@]3(C)OCC[C@@H]23)c2ccccc2)cc1. The van der Waals surface area contributed by atoms with E-state index in [4.69, 9.17) is 24.7 Å². The van der Waals surface area contributed by atoms with Crippen LogP contribution in [0.15, 0.2) is 89.8 Å². The Morgan fingerprint density at radius 2 is 1.71 bits per heavy atom. The van der Waals surface area contributed by atoms with Crippen molar-refractivity contribution in [2.45, 2.75) is 48.6 Å². The van der Waals surface area contributed by atoms with Crippen molar-refractivity contribution < 1.29 is 32.2 Å². The van der Waals surface area contributed by atoms with E-state index in [0.29, 0.717) is 24.5 Å². The highest BCUT2D eigenvalue weighted by molar-refractivity contribution is 7.92. The second kappa shape index (κ2) is 12.7. The molecule has 5 rings (SSSR count). The number of fused-ring (bicyclic) bond motifs is 1. The number of para-hydroxylation sites is 1. The molecule has 2 aliphatic heterocycles. The van der Waals surface area contributed by atoms with Gasteiger partial charge in [-0.25, -0.2) is 13.2 Å². The summed E-state index contributed by atoms with van der Waals surface area (Å²) in [6.45, 7) is 2.55. The third kappa shape index (κ3) is 6.54. The van der Waals surface area contributed by atoms with Crippen molar-refractivity contribution in [2.75, 3.05) is 31.2 Å². The van der Waals surface area contributed by atoms with Crippen molar-refractivity contribution in [3.63, 3.8) is 0 Å². The van der Waals surface area contributed by atoms with Gasteiger partial charge in [-0.05, 0) is 61.7 Å². The molecule has 2 aliphatic rings. The highest BCUT2D eigenvalue weighted by Gasteiger charge is 2.53. The summed E-state index contributed by atoms with van der Waals surface area (Å²) in [7, 11) is -2.50. The predicted molar refractivity (Wildman–Crippen MR) is 158 cm³/mol. The van der Waals surface area contributed by atoms with E-state index in [0.717, 1.165) is 12.0 Å². The van der Waals surface area contributed by atoms with E-state index in [1.807, 2.05) is 43.3 Å². The fourth-order valence-corrected chi connectivity index (χ4v) is 7.04. The number of anilines is 1. The summed E-state index contributed by atoms with van der Waals surface area (Å²) in [5, 5.41) is 2.93. The molecule has 11 heteroatoms. The Kier molecular flexibility index (Phi) is 9.02. The maximum Gasteiger partial charge on any atom is 0.407 e. The molecule has 1 amide bonds. The van der Waals surface area contributed by atoms with Crippen molar-refractivity contribution in [1.29, 1.82) is 0 Å². The number of carbonyl (C=O) groups excluding carboxylic acids is 1. The number of nitrogens with two attached hydrogens (primary N) is 1. The van der Waals surface area contributed by atoms with E-state index in [2.05, 4.69) is 5.32 Å². The highest BCUT2D eigenvalue weighted by Crippen LogP contribution is 2.42. The second-order valence-electron chi connectivity index (χ2n) is 10.7. The van der Waals surface area contributed by atoms with Gasteiger partial charge in [-0.1, -0.05) is 48.5 Å². The summed E-state index contributed by atoms with van der Waals surface area (Å²) in [5.74, 6) is -0.274. The van der Waals surface area contributed by atoms with Gasteiger partial charge in [-0.2, -0.15) is 0 Å². The van der Waals surface area contributed by atoms with Crippen LogP contribution < -0.4 is 20.1 Å². The lowest BCUT2D eigenvalue weighted by molar-refractivity contribution is -0.181. The van der Waals surface area contributed by atoms with Gasteiger partial charge in [0.05, 0.1) is 49.4 Å². The van der Waals surface area contributed by atoms with Crippen molar-refractivity contribution in [3.05, 3.63) is 90.5 Å². The van der Waals surface area contributed by atoms with Crippen molar-refractivity contribution in [3.8, 4) is 5.75 Å². The normalized spacial score (nSPS) is 23.0. The van der Waals surface area contributed by atoms with Crippen LogP contribution in [-0.2, 0) is 30.7 Å². The topological polar surface area (TPSA) is 129 Å². The van der Waals surface area contributed by atoms with Crippen LogP contribution >= 0.6 is 0 Å². The molecule has 224 valence electrons. The van der Waals surface area contributed by atoms with Gasteiger partial charge in [-0.15, -0.1) is 0 Å². The maximum absolute atomic E-state index is 13.9. The first kappa shape index (κ1) is 29.8. The molecular weight excluding hydrogens is 558 g/mol. The number of alkyl carbamates (subject to hydrolysis) is 1. The molecule has 3 N–H and O–H groups in total. The highest BCUT2D eigenvalue weighted by atomic mass is 32.2. The molecule has 0 radical (unpaired) electrons. The number of nitrogens with zero attached hydrogens (tertiary/aromatic N) is 1. The number of benzene rings is 3. The molecule has 0 aliphatic carbocycles. The van der Waals surface area contributed by atoms with Crippen LogP contribution in [0.4, 0.5) is 10.5 Å². The summed E-state index contributed by atoms with van der Waals surface area (Å²) in [6, 6.07) is 23.1. The minimum absolute atomic E-state index is 0.0623. The molecule has 2 heterocycles. The van der Waals surface area contributed by atoms with Gasteiger partial charge in [0.15, 0.2) is 5.79 Å². The Morgan fingerprint density at radius 3 is 2.38 bits per heavy atom. The Hall–Kier alpha value is -3.64. The molecule has 3 aromatic rings. The largest absolute Gasteiger partial charge is 0.497 e. The Labute approximate surface area is 246 Å². The molecule has 0 bridgehead atoms. The number of hydrogen-bond acceptors (Lipinski definition) is 8. The van der Waals surface area contributed by atoms with Crippen molar-refractivity contribution in [2.24, 2.45) is 11.7 Å². The first-order chi connectivity index (χ1) is 20.2. The Balaban J connectivity index is 1.38. The molecule has 0 aromatic heterocycles. The number of hydrogen-bond donors (Lipinski definition) is 2. The summed E-state index contributed by atoms with van der Waals surface area (Å²) in [5.41, 5.74) is 8.13. The van der Waals surface area contributed by atoms with Crippen LogP contribution in [0, 0.1) is 5.92 Å². The predicted octanol–water partition coefficient (Wildman–Crippen LogP) is 3.71. The van der Waals surface area contributed by atoms with Gasteiger partial charge in [0.1, 0.15) is 11.9 Å². The average Bonchev–Trinajstić information content (AvgIpc) is 3.53. The van der Waals surface area contributed by atoms with E-state index >= 15 is 0 Å². The number of methoxy groups -OCH3 is 1. The second-order valence-corrected chi connectivity index (χ2v) is 12.5. The van der Waals surface area contributed by atoms with E-state index < -0.39 is 40.1 Å². The van der Waals surface area contributed by atoms with E-state index in [1.165, 1.54) is 23.5 Å². The standard InChI is InChI=1S/C31H37N3O7S/c1-31-26(17-18-39-31)29(21-40-31)41-30(35)33-28(19-22-9-5-3-6-10-22)27(32)20-34(23-11-7-4-8-12-23)42(36,37)25-15-13-24(38-2)14-16-25/h3-16,26-29H,17-21,32H2,1-2H3,(H,33,35)/t26-,27+,28-,29-,31+/m0/s1. The third-order valence-electron chi connectivity index (χ3n) is 7.92. The van der Waals surface area contributed by atoms with Gasteiger partial charge >= 0.3 is 6.09 Å². The quantitative estimate of drug-likeness (QED) is 0.343. The zero-order valence-corrected chi connectivity index (χ0v) is 24.5. The van der Waals surface area contributed by atoms with E-state index in [9.17, 15) is 13.2 Å². The van der Waals surface area contributed by atoms with Gasteiger partial charge in [-0.3, -0.25) is 4.31 Å². The maximum atomic E-state index is 13.9. The molecule has 5 atom stereocenters. The lowest BCUT2D eigenvalue weighted by Crippen LogP contribution is -2.55. The third-order valence-corrected chi connectivity index (χ3v) is 9.73. The summed E-state index contributed by atoms with van der Waals surface area (Å²) in [6.07, 6.45) is 0.00693. The minimum atomic E-state index is -4.02. The Morgan fingerprint density at radius 1 is 1.05 bits per heavy atom. The number of carbonyl (C=O) groups is 1. The lowest BCUT2D eigenvalue weighted by Gasteiger charge is -2.32. The van der Waals surface area contributed by atoms with Crippen LogP contribution in [0.3, 0.4) is 0 Å². The fourth-order valence-electron chi connectivity index (χ4n) is 5.54. The summed E-state index contributed by atoms with van der Waals surface area (Å²) in [4.78, 5) is 13.3. The van der Waals surface area contributed by atoms with Crippen LogP contribution in [-0.4, -0.2) is 65.4 Å². The average molecular weight is 596 g/mol. The minimum Gasteiger partial charge on any atom is -0.497 e. The van der Waals surface area contributed by atoms with Gasteiger partial charge < -0.3 is 30.0 Å². The molecule has 10 nitrogen and oxygen atoms in total. The molecule has 3 aromatic carbocycles. The number of rotatable bonds is 11.